The molecule has 0 amide bonds. The van der Waals surface area contributed by atoms with E-state index in [1.54, 1.807) is 6.07 Å². The van der Waals surface area contributed by atoms with Gasteiger partial charge in [-0.05, 0) is 42.7 Å². The zero-order valence-electron chi connectivity index (χ0n) is 11.9. The van der Waals surface area contributed by atoms with E-state index in [0.29, 0.717) is 10.0 Å². The Kier molecular flexibility index (Phi) is 5.53. The van der Waals surface area contributed by atoms with Crippen molar-refractivity contribution in [3.05, 3.63) is 57.8 Å². The largest absolute Gasteiger partial charge is 0.354 e. The Morgan fingerprint density at radius 3 is 2.75 bits per heavy atom. The van der Waals surface area contributed by atoms with Crippen LogP contribution in [0.1, 0.15) is 37.4 Å². The molecule has 1 N–H and O–H groups in total. The SMILES string of the molecule is CCCn1ccc(CNC(C)c2ccc(Cl)cc2Cl)c1. The van der Waals surface area contributed by atoms with Crippen LogP contribution in [0.5, 0.6) is 0 Å². The highest BCUT2D eigenvalue weighted by Crippen LogP contribution is 2.26. The first-order chi connectivity index (χ1) is 9.60. The molecule has 0 fully saturated rings. The molecule has 0 saturated heterocycles. The summed E-state index contributed by atoms with van der Waals surface area (Å²) in [5.41, 5.74) is 2.36. The monoisotopic (exact) mass is 310 g/mol. The Bertz CT molecular complexity index is 563. The molecule has 108 valence electrons. The molecule has 0 aliphatic heterocycles. The van der Waals surface area contributed by atoms with Gasteiger partial charge < -0.3 is 9.88 Å². The molecular weight excluding hydrogens is 291 g/mol. The number of nitrogens with zero attached hydrogens (tertiary/aromatic N) is 1. The van der Waals surface area contributed by atoms with Crippen molar-refractivity contribution in [2.45, 2.75) is 39.4 Å². The Balaban J connectivity index is 1.95. The van der Waals surface area contributed by atoms with Gasteiger partial charge in [-0.2, -0.15) is 0 Å². The predicted octanol–water partition coefficient (Wildman–Crippen LogP) is 5.06. The highest BCUT2D eigenvalue weighted by atomic mass is 35.5. The van der Waals surface area contributed by atoms with Gasteiger partial charge >= 0.3 is 0 Å². The van der Waals surface area contributed by atoms with Crippen molar-refractivity contribution in [1.82, 2.24) is 9.88 Å². The minimum Gasteiger partial charge on any atom is -0.354 e. The summed E-state index contributed by atoms with van der Waals surface area (Å²) in [7, 11) is 0. The number of nitrogens with one attached hydrogen (secondary N) is 1. The molecule has 0 aliphatic rings. The molecule has 0 radical (unpaired) electrons. The van der Waals surface area contributed by atoms with Gasteiger partial charge in [0.05, 0.1) is 0 Å². The zero-order valence-corrected chi connectivity index (χ0v) is 13.4. The standard InChI is InChI=1S/C16H20Cl2N2/c1-3-7-20-8-6-13(11-20)10-19-12(2)15-5-4-14(17)9-16(15)18/h4-6,8-9,11-12,19H,3,7,10H2,1-2H3. The fraction of sp³-hybridized carbons (Fsp3) is 0.375. The first-order valence-electron chi connectivity index (χ1n) is 6.93. The summed E-state index contributed by atoms with van der Waals surface area (Å²) in [5.74, 6) is 0. The van der Waals surface area contributed by atoms with Crippen LogP contribution in [0.25, 0.3) is 0 Å². The molecule has 0 saturated carbocycles. The Morgan fingerprint density at radius 1 is 1.25 bits per heavy atom. The molecule has 2 aromatic rings. The molecule has 1 unspecified atom stereocenters. The van der Waals surface area contributed by atoms with Crippen molar-refractivity contribution in [2.24, 2.45) is 0 Å². The molecule has 4 heteroatoms. The van der Waals surface area contributed by atoms with Gasteiger partial charge in [-0.3, -0.25) is 0 Å². The number of benzene rings is 1. The molecule has 2 nitrogen and oxygen atoms in total. The summed E-state index contributed by atoms with van der Waals surface area (Å²) in [6.07, 6.45) is 5.46. The van der Waals surface area contributed by atoms with Gasteiger partial charge in [-0.15, -0.1) is 0 Å². The van der Waals surface area contributed by atoms with E-state index in [1.165, 1.54) is 5.56 Å². The van der Waals surface area contributed by atoms with Crippen LogP contribution in [0.4, 0.5) is 0 Å². The summed E-state index contributed by atoms with van der Waals surface area (Å²) >= 11 is 12.1. The number of halogens is 2. The maximum absolute atomic E-state index is 6.22. The second kappa shape index (κ2) is 7.16. The molecular formula is C16H20Cl2N2. The lowest BCUT2D eigenvalue weighted by Gasteiger charge is -2.15. The van der Waals surface area contributed by atoms with Crippen LogP contribution in [0, 0.1) is 0 Å². The molecule has 0 spiro atoms. The second-order valence-electron chi connectivity index (χ2n) is 5.03. The Hall–Kier alpha value is -0.960. The van der Waals surface area contributed by atoms with Crippen molar-refractivity contribution in [3.8, 4) is 0 Å². The topological polar surface area (TPSA) is 17.0 Å². The summed E-state index contributed by atoms with van der Waals surface area (Å²) in [6.45, 7) is 6.19. The number of aryl methyl sites for hydroxylation is 1. The van der Waals surface area contributed by atoms with Gasteiger partial charge in [-0.1, -0.05) is 36.2 Å². The highest BCUT2D eigenvalue weighted by molar-refractivity contribution is 6.35. The van der Waals surface area contributed by atoms with E-state index >= 15 is 0 Å². The molecule has 1 heterocycles. The van der Waals surface area contributed by atoms with Crippen LogP contribution in [-0.2, 0) is 13.1 Å². The predicted molar refractivity (Wildman–Crippen MR) is 86.4 cm³/mol. The number of hydrogen-bond donors (Lipinski definition) is 1. The summed E-state index contributed by atoms with van der Waals surface area (Å²) in [4.78, 5) is 0. The summed E-state index contributed by atoms with van der Waals surface area (Å²) in [5, 5.41) is 4.87. The molecule has 1 aromatic heterocycles. The average molecular weight is 311 g/mol. The van der Waals surface area contributed by atoms with E-state index in [2.05, 4.69) is 42.2 Å². The smallest absolute Gasteiger partial charge is 0.0468 e. The molecule has 20 heavy (non-hydrogen) atoms. The highest BCUT2D eigenvalue weighted by Gasteiger charge is 2.09. The fourth-order valence-electron chi connectivity index (χ4n) is 2.23. The molecule has 0 aliphatic carbocycles. The number of aromatic nitrogens is 1. The van der Waals surface area contributed by atoms with Crippen molar-refractivity contribution in [1.29, 1.82) is 0 Å². The third kappa shape index (κ3) is 4.02. The maximum atomic E-state index is 6.22. The second-order valence-corrected chi connectivity index (χ2v) is 5.87. The minimum absolute atomic E-state index is 0.189. The van der Waals surface area contributed by atoms with Crippen LogP contribution < -0.4 is 5.32 Å². The average Bonchev–Trinajstić information content (AvgIpc) is 2.84. The maximum Gasteiger partial charge on any atom is 0.0468 e. The third-order valence-corrected chi connectivity index (χ3v) is 3.90. The van der Waals surface area contributed by atoms with Crippen LogP contribution in [0.2, 0.25) is 10.0 Å². The quantitative estimate of drug-likeness (QED) is 0.789. The fourth-order valence-corrected chi connectivity index (χ4v) is 2.80. The van der Waals surface area contributed by atoms with Gasteiger partial charge in [0.15, 0.2) is 0 Å². The van der Waals surface area contributed by atoms with Gasteiger partial charge in [0.1, 0.15) is 0 Å². The van der Waals surface area contributed by atoms with Crippen molar-refractivity contribution in [2.75, 3.05) is 0 Å². The van der Waals surface area contributed by atoms with E-state index in [4.69, 9.17) is 23.2 Å². The number of rotatable bonds is 6. The molecule has 0 bridgehead atoms. The van der Waals surface area contributed by atoms with E-state index in [-0.39, 0.29) is 6.04 Å². The van der Waals surface area contributed by atoms with E-state index in [0.717, 1.165) is 25.1 Å². The van der Waals surface area contributed by atoms with E-state index < -0.39 is 0 Å². The van der Waals surface area contributed by atoms with Crippen LogP contribution in [-0.4, -0.2) is 4.57 Å². The van der Waals surface area contributed by atoms with Gasteiger partial charge in [0, 0.05) is 41.6 Å². The molecule has 1 aromatic carbocycles. The Labute approximate surface area is 130 Å². The summed E-state index contributed by atoms with van der Waals surface area (Å²) < 4.78 is 2.22. The Morgan fingerprint density at radius 2 is 2.05 bits per heavy atom. The van der Waals surface area contributed by atoms with E-state index in [1.807, 2.05) is 12.1 Å². The van der Waals surface area contributed by atoms with Crippen molar-refractivity contribution >= 4 is 23.2 Å². The molecule has 1 atom stereocenters. The van der Waals surface area contributed by atoms with Gasteiger partial charge in [0.2, 0.25) is 0 Å². The van der Waals surface area contributed by atoms with Gasteiger partial charge in [0.25, 0.3) is 0 Å². The van der Waals surface area contributed by atoms with E-state index in [9.17, 15) is 0 Å². The summed E-state index contributed by atoms with van der Waals surface area (Å²) in [6, 6.07) is 7.98. The zero-order chi connectivity index (χ0) is 14.5. The van der Waals surface area contributed by atoms with Crippen LogP contribution in [0.3, 0.4) is 0 Å². The molecule has 2 rings (SSSR count). The van der Waals surface area contributed by atoms with Gasteiger partial charge in [-0.25, -0.2) is 0 Å². The normalized spacial score (nSPS) is 12.6. The number of hydrogen-bond acceptors (Lipinski definition) is 1. The third-order valence-electron chi connectivity index (χ3n) is 3.33. The first kappa shape index (κ1) is 15.4. The lowest BCUT2D eigenvalue weighted by Crippen LogP contribution is -2.18. The van der Waals surface area contributed by atoms with Crippen molar-refractivity contribution < 1.29 is 0 Å². The van der Waals surface area contributed by atoms with Crippen LogP contribution in [0.15, 0.2) is 36.7 Å². The lowest BCUT2D eigenvalue weighted by atomic mass is 10.1. The van der Waals surface area contributed by atoms with Crippen LogP contribution >= 0.6 is 23.2 Å². The van der Waals surface area contributed by atoms with Crippen molar-refractivity contribution in [3.63, 3.8) is 0 Å². The lowest BCUT2D eigenvalue weighted by molar-refractivity contribution is 0.573. The first-order valence-corrected chi connectivity index (χ1v) is 7.68. The minimum atomic E-state index is 0.189.